The first-order valence-corrected chi connectivity index (χ1v) is 6.49. The zero-order valence-electron chi connectivity index (χ0n) is 11.2. The van der Waals surface area contributed by atoms with Gasteiger partial charge < -0.3 is 5.11 Å². The van der Waals surface area contributed by atoms with Crippen molar-refractivity contribution in [3.63, 3.8) is 0 Å². The van der Waals surface area contributed by atoms with Crippen LogP contribution in [0.1, 0.15) is 38.8 Å². The predicted octanol–water partition coefficient (Wildman–Crippen LogP) is 1.76. The molecular weight excluding hydrogens is 230 g/mol. The molecule has 100 valence electrons. The number of hydrogen-bond acceptors (Lipinski definition) is 3. The van der Waals surface area contributed by atoms with E-state index in [-0.39, 0.29) is 12.0 Å². The highest BCUT2D eigenvalue weighted by molar-refractivity contribution is 5.71. The first kappa shape index (κ1) is 13.1. The summed E-state index contributed by atoms with van der Waals surface area (Å²) in [6.45, 7) is 7.83. The normalized spacial score (nSPS) is 24.9. The minimum atomic E-state index is -0.678. The number of rotatable bonds is 4. The fraction of sp³-hybridized carbons (Fsp3) is 0.692. The monoisotopic (exact) mass is 251 g/mol. The second-order valence-electron chi connectivity index (χ2n) is 5.37. The molecule has 1 aliphatic rings. The SMILES string of the molecule is CC1C(C(=O)O)CCN1Cc1cnn(C(C)C)c1. The van der Waals surface area contributed by atoms with Crippen LogP contribution in [0.5, 0.6) is 0 Å². The first-order chi connectivity index (χ1) is 8.49. The van der Waals surface area contributed by atoms with Crippen LogP contribution in [0.25, 0.3) is 0 Å². The Bertz CT molecular complexity index is 428. The zero-order valence-corrected chi connectivity index (χ0v) is 11.2. The highest BCUT2D eigenvalue weighted by atomic mass is 16.4. The number of aromatic nitrogens is 2. The molecular formula is C13H21N3O2. The van der Waals surface area contributed by atoms with Crippen LogP contribution >= 0.6 is 0 Å². The summed E-state index contributed by atoms with van der Waals surface area (Å²) in [5.74, 6) is -0.909. The van der Waals surface area contributed by atoms with Gasteiger partial charge in [-0.05, 0) is 33.7 Å². The van der Waals surface area contributed by atoms with Gasteiger partial charge in [0, 0.05) is 30.4 Å². The minimum absolute atomic E-state index is 0.102. The maximum atomic E-state index is 11.1. The second-order valence-corrected chi connectivity index (χ2v) is 5.37. The van der Waals surface area contributed by atoms with E-state index in [0.29, 0.717) is 6.04 Å². The van der Waals surface area contributed by atoms with Crippen LogP contribution in [0, 0.1) is 5.92 Å². The number of carboxylic acids is 1. The van der Waals surface area contributed by atoms with E-state index in [2.05, 4.69) is 23.8 Å². The van der Waals surface area contributed by atoms with Gasteiger partial charge in [-0.2, -0.15) is 5.10 Å². The maximum absolute atomic E-state index is 11.1. The molecule has 1 aliphatic heterocycles. The van der Waals surface area contributed by atoms with Crippen molar-refractivity contribution in [2.45, 2.75) is 45.8 Å². The van der Waals surface area contributed by atoms with E-state index in [1.165, 1.54) is 0 Å². The van der Waals surface area contributed by atoms with Crippen molar-refractivity contribution in [2.24, 2.45) is 5.92 Å². The average molecular weight is 251 g/mol. The molecule has 5 heteroatoms. The molecule has 2 rings (SSSR count). The van der Waals surface area contributed by atoms with Crippen molar-refractivity contribution >= 4 is 5.97 Å². The molecule has 1 N–H and O–H groups in total. The number of likely N-dealkylation sites (tertiary alicyclic amines) is 1. The smallest absolute Gasteiger partial charge is 0.308 e. The summed E-state index contributed by atoms with van der Waals surface area (Å²) in [5.41, 5.74) is 1.15. The van der Waals surface area contributed by atoms with E-state index in [0.717, 1.165) is 25.1 Å². The number of carboxylic acid groups (broad SMARTS) is 1. The van der Waals surface area contributed by atoms with Gasteiger partial charge in [0.05, 0.1) is 12.1 Å². The molecule has 5 nitrogen and oxygen atoms in total. The lowest BCUT2D eigenvalue weighted by Gasteiger charge is -2.22. The van der Waals surface area contributed by atoms with Crippen molar-refractivity contribution < 1.29 is 9.90 Å². The Balaban J connectivity index is 1.99. The van der Waals surface area contributed by atoms with Crippen molar-refractivity contribution in [3.8, 4) is 0 Å². The lowest BCUT2D eigenvalue weighted by atomic mass is 10.0. The number of aliphatic carboxylic acids is 1. The second kappa shape index (κ2) is 5.10. The average Bonchev–Trinajstić information content (AvgIpc) is 2.87. The summed E-state index contributed by atoms with van der Waals surface area (Å²) in [5, 5.41) is 13.4. The summed E-state index contributed by atoms with van der Waals surface area (Å²) in [4.78, 5) is 13.3. The number of carbonyl (C=O) groups is 1. The largest absolute Gasteiger partial charge is 0.481 e. The summed E-state index contributed by atoms with van der Waals surface area (Å²) >= 11 is 0. The van der Waals surface area contributed by atoms with Gasteiger partial charge in [-0.15, -0.1) is 0 Å². The summed E-state index contributed by atoms with van der Waals surface area (Å²) in [6.07, 6.45) is 4.67. The van der Waals surface area contributed by atoms with Gasteiger partial charge in [-0.1, -0.05) is 0 Å². The van der Waals surface area contributed by atoms with Crippen LogP contribution in [0.3, 0.4) is 0 Å². The lowest BCUT2D eigenvalue weighted by Crippen LogP contribution is -2.32. The summed E-state index contributed by atoms with van der Waals surface area (Å²) in [7, 11) is 0. The molecule has 2 heterocycles. The Morgan fingerprint density at radius 1 is 1.61 bits per heavy atom. The number of hydrogen-bond donors (Lipinski definition) is 1. The molecule has 18 heavy (non-hydrogen) atoms. The minimum Gasteiger partial charge on any atom is -0.481 e. The molecule has 0 spiro atoms. The molecule has 1 saturated heterocycles. The van der Waals surface area contributed by atoms with Gasteiger partial charge in [-0.25, -0.2) is 0 Å². The van der Waals surface area contributed by atoms with Crippen LogP contribution in [0.15, 0.2) is 12.4 Å². The van der Waals surface area contributed by atoms with Crippen molar-refractivity contribution in [1.82, 2.24) is 14.7 Å². The molecule has 0 aliphatic carbocycles. The van der Waals surface area contributed by atoms with E-state index in [9.17, 15) is 4.79 Å². The Morgan fingerprint density at radius 2 is 2.33 bits per heavy atom. The maximum Gasteiger partial charge on any atom is 0.308 e. The highest BCUT2D eigenvalue weighted by Crippen LogP contribution is 2.26. The van der Waals surface area contributed by atoms with E-state index >= 15 is 0 Å². The Kier molecular flexibility index (Phi) is 3.71. The first-order valence-electron chi connectivity index (χ1n) is 6.49. The predicted molar refractivity (Wildman–Crippen MR) is 68.2 cm³/mol. The topological polar surface area (TPSA) is 58.4 Å². The molecule has 1 aromatic heterocycles. The number of nitrogens with zero attached hydrogens (tertiary/aromatic N) is 3. The van der Waals surface area contributed by atoms with Gasteiger partial charge in [0.1, 0.15) is 0 Å². The summed E-state index contributed by atoms with van der Waals surface area (Å²) in [6, 6.07) is 0.464. The lowest BCUT2D eigenvalue weighted by molar-refractivity contribution is -0.142. The standard InChI is InChI=1S/C13H21N3O2/c1-9(2)16-8-11(6-14-16)7-15-5-4-12(10(15)3)13(17)18/h6,8-10,12H,4-5,7H2,1-3H3,(H,17,18). The molecule has 2 unspecified atom stereocenters. The third-order valence-electron chi connectivity index (χ3n) is 3.77. The van der Waals surface area contributed by atoms with Crippen molar-refractivity contribution in [3.05, 3.63) is 18.0 Å². The molecule has 0 bridgehead atoms. The Morgan fingerprint density at radius 3 is 2.83 bits per heavy atom. The van der Waals surface area contributed by atoms with Crippen LogP contribution in [0.2, 0.25) is 0 Å². The third kappa shape index (κ3) is 2.56. The van der Waals surface area contributed by atoms with Crippen LogP contribution < -0.4 is 0 Å². The summed E-state index contributed by atoms with van der Waals surface area (Å²) < 4.78 is 1.94. The van der Waals surface area contributed by atoms with Gasteiger partial charge in [-0.3, -0.25) is 14.4 Å². The molecule has 0 aromatic carbocycles. The van der Waals surface area contributed by atoms with E-state index in [4.69, 9.17) is 5.11 Å². The van der Waals surface area contributed by atoms with E-state index in [1.54, 1.807) is 0 Å². The molecule has 1 aromatic rings. The molecule has 0 saturated carbocycles. The zero-order chi connectivity index (χ0) is 13.3. The van der Waals surface area contributed by atoms with Crippen molar-refractivity contribution in [1.29, 1.82) is 0 Å². The van der Waals surface area contributed by atoms with E-state index in [1.807, 2.05) is 24.0 Å². The van der Waals surface area contributed by atoms with Gasteiger partial charge in [0.25, 0.3) is 0 Å². The third-order valence-corrected chi connectivity index (χ3v) is 3.77. The molecule has 0 radical (unpaired) electrons. The quantitative estimate of drug-likeness (QED) is 0.886. The van der Waals surface area contributed by atoms with Crippen LogP contribution in [-0.4, -0.2) is 38.3 Å². The molecule has 1 fully saturated rings. The van der Waals surface area contributed by atoms with Crippen molar-refractivity contribution in [2.75, 3.05) is 6.54 Å². The highest BCUT2D eigenvalue weighted by Gasteiger charge is 2.35. The van der Waals surface area contributed by atoms with Gasteiger partial charge in [0.2, 0.25) is 0 Å². The van der Waals surface area contributed by atoms with Gasteiger partial charge >= 0.3 is 5.97 Å². The molecule has 2 atom stereocenters. The molecule has 0 amide bonds. The fourth-order valence-electron chi connectivity index (χ4n) is 2.53. The fourth-order valence-corrected chi connectivity index (χ4v) is 2.53. The van der Waals surface area contributed by atoms with Gasteiger partial charge in [0.15, 0.2) is 0 Å². The van der Waals surface area contributed by atoms with E-state index < -0.39 is 5.97 Å². The van der Waals surface area contributed by atoms with Crippen LogP contribution in [0.4, 0.5) is 0 Å². The Hall–Kier alpha value is -1.36. The Labute approximate surface area is 107 Å². The van der Waals surface area contributed by atoms with Crippen LogP contribution in [-0.2, 0) is 11.3 Å².